The minimum atomic E-state index is -0.152. The van der Waals surface area contributed by atoms with Crippen molar-refractivity contribution in [2.24, 2.45) is 0 Å². The Balaban J connectivity index is 1.76. The maximum absolute atomic E-state index is 12.8. The third-order valence-electron chi connectivity index (χ3n) is 4.81. The van der Waals surface area contributed by atoms with Gasteiger partial charge in [0.2, 0.25) is 0 Å². The second-order valence-corrected chi connectivity index (χ2v) is 7.56. The van der Waals surface area contributed by atoms with Crippen molar-refractivity contribution in [3.8, 4) is 5.69 Å². The number of rotatable bonds is 7. The predicted molar refractivity (Wildman–Crippen MR) is 117 cm³/mol. The maximum Gasteiger partial charge on any atom is 0.259 e. The average Bonchev–Trinajstić information content (AvgIpc) is 3.08. The maximum atomic E-state index is 12.8. The zero-order chi connectivity index (χ0) is 20.1. The lowest BCUT2D eigenvalue weighted by atomic mass is 10.1. The lowest BCUT2D eigenvalue weighted by Gasteiger charge is -2.18. The van der Waals surface area contributed by atoms with E-state index >= 15 is 0 Å². The van der Waals surface area contributed by atoms with Crippen molar-refractivity contribution in [3.63, 3.8) is 0 Å². The topological polar surface area (TPSA) is 50.2 Å². The van der Waals surface area contributed by atoms with Gasteiger partial charge in [0.15, 0.2) is 0 Å². The van der Waals surface area contributed by atoms with Gasteiger partial charge < -0.3 is 5.32 Å². The standard InChI is InChI=1S/C22H25BrN4O/c1-4-26(5-2)15-17-7-6-8-19(13-17)25-22(28)21-14-24-27(16(21)3)20-11-9-18(23)10-12-20/h6-14H,4-5,15H2,1-3H3,(H,25,28). The van der Waals surface area contributed by atoms with E-state index in [1.54, 1.807) is 10.9 Å². The largest absolute Gasteiger partial charge is 0.322 e. The number of benzene rings is 2. The van der Waals surface area contributed by atoms with Crippen molar-refractivity contribution in [2.45, 2.75) is 27.3 Å². The molecule has 0 bridgehead atoms. The molecule has 0 atom stereocenters. The average molecular weight is 441 g/mol. The van der Waals surface area contributed by atoms with Crippen LogP contribution in [-0.4, -0.2) is 33.7 Å². The van der Waals surface area contributed by atoms with Gasteiger partial charge in [0.25, 0.3) is 5.91 Å². The second kappa shape index (κ2) is 9.17. The number of hydrogen-bond acceptors (Lipinski definition) is 3. The lowest BCUT2D eigenvalue weighted by Crippen LogP contribution is -2.22. The van der Waals surface area contributed by atoms with Crippen LogP contribution in [0.15, 0.2) is 59.2 Å². The van der Waals surface area contributed by atoms with E-state index in [2.05, 4.69) is 51.2 Å². The molecule has 5 nitrogen and oxygen atoms in total. The highest BCUT2D eigenvalue weighted by atomic mass is 79.9. The highest BCUT2D eigenvalue weighted by molar-refractivity contribution is 9.10. The molecule has 2 aromatic carbocycles. The third-order valence-corrected chi connectivity index (χ3v) is 5.34. The van der Waals surface area contributed by atoms with Crippen LogP contribution < -0.4 is 5.32 Å². The molecular weight excluding hydrogens is 416 g/mol. The summed E-state index contributed by atoms with van der Waals surface area (Å²) < 4.78 is 2.78. The number of carbonyl (C=O) groups excluding carboxylic acids is 1. The number of carbonyl (C=O) groups is 1. The number of anilines is 1. The van der Waals surface area contributed by atoms with Crippen LogP contribution in [0.3, 0.4) is 0 Å². The zero-order valence-corrected chi connectivity index (χ0v) is 18.0. The van der Waals surface area contributed by atoms with Gasteiger partial charge in [0.05, 0.1) is 23.1 Å². The Hall–Kier alpha value is -2.44. The van der Waals surface area contributed by atoms with Gasteiger partial charge in [-0.2, -0.15) is 5.10 Å². The van der Waals surface area contributed by atoms with Crippen molar-refractivity contribution in [3.05, 3.63) is 76.0 Å². The van der Waals surface area contributed by atoms with Crippen LogP contribution in [0.5, 0.6) is 0 Å². The van der Waals surface area contributed by atoms with E-state index in [4.69, 9.17) is 0 Å². The summed E-state index contributed by atoms with van der Waals surface area (Å²) in [6.45, 7) is 9.09. The fraction of sp³-hybridized carbons (Fsp3) is 0.273. The lowest BCUT2D eigenvalue weighted by molar-refractivity contribution is 0.102. The van der Waals surface area contributed by atoms with Crippen molar-refractivity contribution < 1.29 is 4.79 Å². The molecule has 1 amide bonds. The van der Waals surface area contributed by atoms with Crippen LogP contribution in [0.4, 0.5) is 5.69 Å². The summed E-state index contributed by atoms with van der Waals surface area (Å²) in [6.07, 6.45) is 1.62. The summed E-state index contributed by atoms with van der Waals surface area (Å²) in [6, 6.07) is 15.8. The number of aromatic nitrogens is 2. The molecule has 0 unspecified atom stereocenters. The molecule has 6 heteroatoms. The van der Waals surface area contributed by atoms with Gasteiger partial charge in [-0.05, 0) is 62.0 Å². The zero-order valence-electron chi connectivity index (χ0n) is 16.4. The Morgan fingerprint density at radius 2 is 1.86 bits per heavy atom. The Bertz CT molecular complexity index is 945. The Morgan fingerprint density at radius 1 is 1.14 bits per heavy atom. The van der Waals surface area contributed by atoms with Gasteiger partial charge in [0.1, 0.15) is 0 Å². The quantitative estimate of drug-likeness (QED) is 0.559. The van der Waals surface area contributed by atoms with Crippen molar-refractivity contribution >= 4 is 27.5 Å². The van der Waals surface area contributed by atoms with Gasteiger partial charge in [-0.25, -0.2) is 4.68 Å². The first kappa shape index (κ1) is 20.3. The molecule has 28 heavy (non-hydrogen) atoms. The Labute approximate surface area is 174 Å². The van der Waals surface area contributed by atoms with E-state index < -0.39 is 0 Å². The minimum Gasteiger partial charge on any atom is -0.322 e. The van der Waals surface area contributed by atoms with Crippen LogP contribution in [0.25, 0.3) is 5.69 Å². The molecule has 1 N–H and O–H groups in total. The first-order chi connectivity index (χ1) is 13.5. The fourth-order valence-corrected chi connectivity index (χ4v) is 3.39. The summed E-state index contributed by atoms with van der Waals surface area (Å²) in [5, 5.41) is 7.40. The molecule has 146 valence electrons. The van der Waals surface area contributed by atoms with Crippen LogP contribution in [0.2, 0.25) is 0 Å². The van der Waals surface area contributed by atoms with Crippen LogP contribution in [-0.2, 0) is 6.54 Å². The molecule has 0 saturated heterocycles. The first-order valence-electron chi connectivity index (χ1n) is 9.45. The molecule has 0 aliphatic rings. The molecule has 3 aromatic rings. The number of halogens is 1. The number of amides is 1. The van der Waals surface area contributed by atoms with Crippen molar-refractivity contribution in [1.82, 2.24) is 14.7 Å². The van der Waals surface area contributed by atoms with Gasteiger partial charge in [-0.3, -0.25) is 9.69 Å². The molecule has 0 aliphatic heterocycles. The molecular formula is C22H25BrN4O. The van der Waals surface area contributed by atoms with Gasteiger partial charge in [-0.1, -0.05) is 41.9 Å². The molecule has 0 spiro atoms. The van der Waals surface area contributed by atoms with Gasteiger partial charge in [-0.15, -0.1) is 0 Å². The molecule has 3 rings (SSSR count). The Morgan fingerprint density at radius 3 is 2.54 bits per heavy atom. The first-order valence-corrected chi connectivity index (χ1v) is 10.2. The van der Waals surface area contributed by atoms with Crippen molar-refractivity contribution in [2.75, 3.05) is 18.4 Å². The highest BCUT2D eigenvalue weighted by Crippen LogP contribution is 2.19. The number of nitrogens with one attached hydrogen (secondary N) is 1. The van der Waals surface area contributed by atoms with Crippen LogP contribution in [0.1, 0.15) is 35.5 Å². The molecule has 0 aliphatic carbocycles. The Kier molecular flexibility index (Phi) is 6.65. The second-order valence-electron chi connectivity index (χ2n) is 6.65. The molecule has 0 radical (unpaired) electrons. The van der Waals surface area contributed by atoms with Crippen LogP contribution in [0, 0.1) is 6.92 Å². The summed E-state index contributed by atoms with van der Waals surface area (Å²) >= 11 is 3.43. The van der Waals surface area contributed by atoms with E-state index in [-0.39, 0.29) is 5.91 Å². The summed E-state index contributed by atoms with van der Waals surface area (Å²) in [7, 11) is 0. The van der Waals surface area contributed by atoms with E-state index in [1.807, 2.05) is 49.4 Å². The van der Waals surface area contributed by atoms with E-state index in [9.17, 15) is 4.79 Å². The predicted octanol–water partition coefficient (Wildman–Crippen LogP) is 5.04. The normalized spacial score (nSPS) is 11.0. The van der Waals surface area contributed by atoms with Crippen molar-refractivity contribution in [1.29, 1.82) is 0 Å². The van der Waals surface area contributed by atoms with E-state index in [0.717, 1.165) is 41.2 Å². The van der Waals surface area contributed by atoms with E-state index in [1.165, 1.54) is 5.56 Å². The fourth-order valence-electron chi connectivity index (χ4n) is 3.13. The monoisotopic (exact) mass is 440 g/mol. The number of nitrogens with zero attached hydrogens (tertiary/aromatic N) is 3. The van der Waals surface area contributed by atoms with Crippen LogP contribution >= 0.6 is 15.9 Å². The third kappa shape index (κ3) is 4.69. The van der Waals surface area contributed by atoms with E-state index in [0.29, 0.717) is 5.56 Å². The molecule has 1 aromatic heterocycles. The minimum absolute atomic E-state index is 0.152. The molecule has 1 heterocycles. The summed E-state index contributed by atoms with van der Waals surface area (Å²) in [4.78, 5) is 15.1. The van der Waals surface area contributed by atoms with Gasteiger partial charge in [0, 0.05) is 16.7 Å². The SMILES string of the molecule is CCN(CC)Cc1cccc(NC(=O)c2cnn(-c3ccc(Br)cc3)c2C)c1. The highest BCUT2D eigenvalue weighted by Gasteiger charge is 2.15. The molecule has 0 fully saturated rings. The van der Waals surface area contributed by atoms with Gasteiger partial charge >= 0.3 is 0 Å². The smallest absolute Gasteiger partial charge is 0.259 e. The molecule has 0 saturated carbocycles. The summed E-state index contributed by atoms with van der Waals surface area (Å²) in [5.74, 6) is -0.152. The summed E-state index contributed by atoms with van der Waals surface area (Å²) in [5.41, 5.74) is 4.27. The number of hydrogen-bond donors (Lipinski definition) is 1.